The van der Waals surface area contributed by atoms with Crippen LogP contribution in [0.3, 0.4) is 0 Å². The van der Waals surface area contributed by atoms with E-state index in [9.17, 15) is 14.9 Å². The molecule has 0 aliphatic carbocycles. The van der Waals surface area contributed by atoms with Gasteiger partial charge >= 0.3 is 0 Å². The molecular weight excluding hydrogens is 472 g/mol. The highest BCUT2D eigenvalue weighted by atomic mass is 16.5. The Labute approximate surface area is 212 Å². The van der Waals surface area contributed by atoms with E-state index in [0.29, 0.717) is 53.6 Å². The van der Waals surface area contributed by atoms with Crippen molar-refractivity contribution in [2.45, 2.75) is 19.9 Å². The number of ketones is 1. The molecule has 0 bridgehead atoms. The van der Waals surface area contributed by atoms with Crippen LogP contribution in [0.15, 0.2) is 49.1 Å². The fraction of sp³-hybridized carbons (Fsp3) is 0.269. The van der Waals surface area contributed by atoms with Gasteiger partial charge in [-0.25, -0.2) is 19.2 Å². The van der Waals surface area contributed by atoms with Gasteiger partial charge in [0.25, 0.3) is 17.4 Å². The van der Waals surface area contributed by atoms with E-state index in [1.54, 1.807) is 11.8 Å². The molecular formula is C26H25N8O3+. The van der Waals surface area contributed by atoms with Crippen molar-refractivity contribution in [1.82, 2.24) is 29.6 Å². The van der Waals surface area contributed by atoms with Crippen molar-refractivity contribution in [3.63, 3.8) is 0 Å². The normalized spacial score (nSPS) is 16.9. The number of nitrogens with one attached hydrogen (secondary N) is 1. The number of carbonyl (C=O) groups excluding carboxylic acids is 2. The minimum atomic E-state index is -0.649. The summed E-state index contributed by atoms with van der Waals surface area (Å²) in [6.45, 7) is 4.83. The van der Waals surface area contributed by atoms with Gasteiger partial charge in [0.15, 0.2) is 25.0 Å². The lowest BCUT2D eigenvalue weighted by Gasteiger charge is -2.31. The molecule has 186 valence electrons. The number of hydrogen-bond acceptors (Lipinski definition) is 7. The molecule has 1 saturated heterocycles. The number of methoxy groups -OCH3 is 1. The van der Waals surface area contributed by atoms with E-state index in [2.05, 4.69) is 26.1 Å². The SMILES string of the molecule is COc1cnc(-n2cnc(C)n2)c2[nH]cc(C(=O)C(=O)N3CC[N+](=C(C#N)c4ccccc4)CC3C)c12. The highest BCUT2D eigenvalue weighted by Gasteiger charge is 2.36. The van der Waals surface area contributed by atoms with Gasteiger partial charge in [-0.3, -0.25) is 9.59 Å². The molecule has 0 saturated carbocycles. The van der Waals surface area contributed by atoms with E-state index >= 15 is 0 Å². The van der Waals surface area contributed by atoms with E-state index < -0.39 is 11.7 Å². The van der Waals surface area contributed by atoms with Crippen molar-refractivity contribution in [2.75, 3.05) is 26.7 Å². The maximum Gasteiger partial charge on any atom is 0.295 e. The van der Waals surface area contributed by atoms with Gasteiger partial charge in [0.2, 0.25) is 0 Å². The van der Waals surface area contributed by atoms with Crippen molar-refractivity contribution >= 4 is 28.3 Å². The number of aryl methyl sites for hydroxylation is 1. The molecule has 4 aromatic rings. The minimum absolute atomic E-state index is 0.195. The van der Waals surface area contributed by atoms with Gasteiger partial charge in [-0.05, 0) is 26.0 Å². The van der Waals surface area contributed by atoms with Gasteiger partial charge < -0.3 is 14.6 Å². The number of benzene rings is 1. The van der Waals surface area contributed by atoms with Gasteiger partial charge in [-0.15, -0.1) is 0 Å². The van der Waals surface area contributed by atoms with Crippen LogP contribution in [-0.2, 0) is 4.79 Å². The maximum atomic E-state index is 13.5. The number of H-pyrrole nitrogens is 1. The van der Waals surface area contributed by atoms with Crippen LogP contribution in [0.4, 0.5) is 0 Å². The lowest BCUT2D eigenvalue weighted by atomic mass is 10.1. The lowest BCUT2D eigenvalue weighted by Crippen LogP contribution is -2.54. The number of piperazine rings is 1. The van der Waals surface area contributed by atoms with Gasteiger partial charge in [0.1, 0.15) is 17.9 Å². The quantitative estimate of drug-likeness (QED) is 0.253. The Morgan fingerprint density at radius 2 is 2.03 bits per heavy atom. The number of pyridine rings is 1. The molecule has 0 spiro atoms. The molecule has 3 aromatic heterocycles. The first-order chi connectivity index (χ1) is 17.9. The van der Waals surface area contributed by atoms with Crippen LogP contribution in [0.1, 0.15) is 28.7 Å². The highest BCUT2D eigenvalue weighted by molar-refractivity contribution is 6.45. The number of rotatable bonds is 5. The number of aromatic nitrogens is 5. The molecule has 1 unspecified atom stereocenters. The van der Waals surface area contributed by atoms with E-state index in [-0.39, 0.29) is 11.6 Å². The molecule has 11 heteroatoms. The Hall–Kier alpha value is -4.85. The number of hydrogen-bond donors (Lipinski definition) is 1. The Bertz CT molecular complexity index is 1580. The van der Waals surface area contributed by atoms with Crippen LogP contribution in [-0.4, -0.2) is 84.4 Å². The van der Waals surface area contributed by atoms with Gasteiger partial charge in [-0.1, -0.05) is 18.2 Å². The first-order valence-corrected chi connectivity index (χ1v) is 11.8. The van der Waals surface area contributed by atoms with Gasteiger partial charge in [0, 0.05) is 6.20 Å². The molecule has 5 rings (SSSR count). The number of aromatic amines is 1. The summed E-state index contributed by atoms with van der Waals surface area (Å²) in [5, 5.41) is 14.5. The molecule has 1 amide bonds. The Morgan fingerprint density at radius 3 is 2.68 bits per heavy atom. The molecule has 1 aliphatic heterocycles. The fourth-order valence-electron chi connectivity index (χ4n) is 4.68. The van der Waals surface area contributed by atoms with Crippen molar-refractivity contribution < 1.29 is 18.9 Å². The van der Waals surface area contributed by atoms with Crippen LogP contribution in [0.2, 0.25) is 0 Å². The van der Waals surface area contributed by atoms with Gasteiger partial charge in [0.05, 0.1) is 47.9 Å². The van der Waals surface area contributed by atoms with E-state index in [4.69, 9.17) is 4.74 Å². The predicted octanol–water partition coefficient (Wildman–Crippen LogP) is 1.90. The topological polar surface area (TPSA) is 133 Å². The fourth-order valence-corrected chi connectivity index (χ4v) is 4.68. The summed E-state index contributed by atoms with van der Waals surface area (Å²) in [7, 11) is 1.48. The monoisotopic (exact) mass is 497 g/mol. The first kappa shape index (κ1) is 23.9. The third kappa shape index (κ3) is 4.23. The summed E-state index contributed by atoms with van der Waals surface area (Å²) in [5.41, 5.74) is 2.08. The highest BCUT2D eigenvalue weighted by Crippen LogP contribution is 2.32. The van der Waals surface area contributed by atoms with E-state index in [1.165, 1.54) is 30.5 Å². The van der Waals surface area contributed by atoms with Crippen LogP contribution in [0, 0.1) is 18.3 Å². The summed E-state index contributed by atoms with van der Waals surface area (Å²) in [6, 6.07) is 11.4. The van der Waals surface area contributed by atoms with Crippen molar-refractivity contribution in [1.29, 1.82) is 5.26 Å². The number of amides is 1. The number of ether oxygens (including phenoxy) is 1. The standard InChI is InChI=1S/C26H24N8O3/c1-16-14-32(20(11-27)18-7-5-4-6-8-18)9-10-33(16)26(36)24(35)19-12-28-23-22(19)21(37-3)13-29-25(23)34-15-30-17(2)31-34/h4-8,12-13,15-16H,9-10,14H2,1-3H3/p+1. The summed E-state index contributed by atoms with van der Waals surface area (Å²) in [4.78, 5) is 40.1. The second-order valence-electron chi connectivity index (χ2n) is 8.79. The summed E-state index contributed by atoms with van der Waals surface area (Å²) < 4.78 is 8.93. The molecule has 1 atom stereocenters. The Kier molecular flexibility index (Phi) is 6.23. The van der Waals surface area contributed by atoms with Crippen molar-refractivity contribution in [3.8, 4) is 17.6 Å². The smallest absolute Gasteiger partial charge is 0.295 e. The number of fused-ring (bicyclic) bond motifs is 1. The number of nitrogens with zero attached hydrogens (tertiary/aromatic N) is 7. The molecule has 37 heavy (non-hydrogen) atoms. The molecule has 1 fully saturated rings. The lowest BCUT2D eigenvalue weighted by molar-refractivity contribution is -0.543. The summed E-state index contributed by atoms with van der Waals surface area (Å²) >= 11 is 0. The Balaban J connectivity index is 1.44. The zero-order valence-electron chi connectivity index (χ0n) is 20.7. The Morgan fingerprint density at radius 1 is 1.24 bits per heavy atom. The van der Waals surface area contributed by atoms with Crippen molar-refractivity contribution in [2.24, 2.45) is 0 Å². The molecule has 0 radical (unpaired) electrons. The molecule has 1 aromatic carbocycles. The predicted molar refractivity (Wildman–Crippen MR) is 134 cm³/mol. The van der Waals surface area contributed by atoms with E-state index in [1.807, 2.05) is 41.8 Å². The zero-order valence-corrected chi connectivity index (χ0v) is 20.7. The van der Waals surface area contributed by atoms with Gasteiger partial charge in [-0.2, -0.15) is 10.4 Å². The third-order valence-electron chi connectivity index (χ3n) is 6.49. The maximum absolute atomic E-state index is 13.5. The van der Waals surface area contributed by atoms with Crippen LogP contribution < -0.4 is 4.74 Å². The first-order valence-electron chi connectivity index (χ1n) is 11.8. The third-order valence-corrected chi connectivity index (χ3v) is 6.49. The van der Waals surface area contributed by atoms with Crippen LogP contribution in [0.5, 0.6) is 5.75 Å². The summed E-state index contributed by atoms with van der Waals surface area (Å²) in [6.07, 6.45) is 4.52. The second kappa shape index (κ2) is 9.66. The van der Waals surface area contributed by atoms with Crippen LogP contribution in [0.25, 0.3) is 16.7 Å². The van der Waals surface area contributed by atoms with E-state index in [0.717, 1.165) is 5.56 Å². The molecule has 11 nitrogen and oxygen atoms in total. The van der Waals surface area contributed by atoms with Crippen LogP contribution >= 0.6 is 0 Å². The zero-order chi connectivity index (χ0) is 26.1. The molecule has 4 heterocycles. The number of carbonyl (C=O) groups is 2. The minimum Gasteiger partial charge on any atom is -0.494 e. The number of Topliss-reactive ketones (excluding diaryl/α,β-unsaturated/α-hetero) is 1. The van der Waals surface area contributed by atoms with Crippen molar-refractivity contribution in [3.05, 3.63) is 66.0 Å². The summed E-state index contributed by atoms with van der Waals surface area (Å²) in [5.74, 6) is 0.112. The second-order valence-corrected chi connectivity index (χ2v) is 8.79. The molecule has 1 aliphatic rings. The average molecular weight is 498 g/mol. The molecule has 1 N–H and O–H groups in total. The largest absolute Gasteiger partial charge is 0.494 e. The number of nitriles is 1. The average Bonchev–Trinajstić information content (AvgIpc) is 3.55.